The van der Waals surface area contributed by atoms with Gasteiger partial charge in [-0.05, 0) is 52.6 Å². The average Bonchev–Trinajstić information content (AvgIpc) is 3.95. The predicted molar refractivity (Wildman–Crippen MR) is 214 cm³/mol. The maximum atomic E-state index is 7.23. The zero-order valence-electron chi connectivity index (χ0n) is 28.0. The first-order chi connectivity index (χ1) is 25.8. The molecule has 0 saturated carbocycles. The molecule has 0 atom stereocenters. The van der Waals surface area contributed by atoms with Crippen LogP contribution in [-0.2, 0) is 0 Å². The van der Waals surface area contributed by atoms with Crippen molar-refractivity contribution in [3.8, 4) is 27.9 Å². The zero-order valence-corrected chi connectivity index (χ0v) is 28.0. The quantitative estimate of drug-likeness (QED) is 0.188. The van der Waals surface area contributed by atoms with Gasteiger partial charge in [-0.15, -0.1) is 0 Å². The Morgan fingerprint density at radius 1 is 0.346 bits per heavy atom. The van der Waals surface area contributed by atoms with E-state index in [1.165, 1.54) is 44.1 Å². The van der Waals surface area contributed by atoms with Crippen LogP contribution in [-0.4, -0.2) is 4.57 Å². The molecule has 8 aromatic carbocycles. The fourth-order valence-corrected chi connectivity index (χ4v) is 9.12. The van der Waals surface area contributed by atoms with E-state index in [-0.39, 0.29) is 5.92 Å². The van der Waals surface area contributed by atoms with Crippen molar-refractivity contribution >= 4 is 65.7 Å². The number of aromatic nitrogens is 1. The summed E-state index contributed by atoms with van der Waals surface area (Å²) in [4.78, 5) is 0. The Bertz CT molecular complexity index is 3160. The van der Waals surface area contributed by atoms with Crippen LogP contribution in [0.2, 0.25) is 0 Å². The van der Waals surface area contributed by atoms with Crippen LogP contribution in [0.4, 0.5) is 0 Å². The van der Waals surface area contributed by atoms with E-state index in [0.29, 0.717) is 0 Å². The lowest BCUT2D eigenvalue weighted by Crippen LogP contribution is -2.02. The Kier molecular flexibility index (Phi) is 5.56. The maximum absolute atomic E-state index is 7.23. The second-order valence-electron chi connectivity index (χ2n) is 14.0. The van der Waals surface area contributed by atoms with Gasteiger partial charge >= 0.3 is 0 Å². The molecule has 3 aromatic heterocycles. The molecule has 1 aliphatic carbocycles. The molecule has 3 heterocycles. The Morgan fingerprint density at radius 3 is 1.52 bits per heavy atom. The maximum Gasteiger partial charge on any atom is 0.143 e. The second kappa shape index (κ2) is 10.3. The summed E-state index contributed by atoms with van der Waals surface area (Å²) in [7, 11) is 0. The van der Waals surface area contributed by atoms with E-state index in [1.807, 2.05) is 12.1 Å². The number of hydrogen-bond acceptors (Lipinski definition) is 2. The summed E-state index contributed by atoms with van der Waals surface area (Å²) in [6, 6.07) is 61.1. The summed E-state index contributed by atoms with van der Waals surface area (Å²) >= 11 is 0. The van der Waals surface area contributed by atoms with Crippen molar-refractivity contribution in [1.82, 2.24) is 4.57 Å². The number of furan rings is 2. The summed E-state index contributed by atoms with van der Waals surface area (Å²) in [5.41, 5.74) is 15.4. The van der Waals surface area contributed by atoms with Gasteiger partial charge in [0.25, 0.3) is 0 Å². The minimum atomic E-state index is 0.00533. The van der Waals surface area contributed by atoms with Crippen LogP contribution in [0.1, 0.15) is 22.6 Å². The number of hydrogen-bond donors (Lipinski definition) is 0. The lowest BCUT2D eigenvalue weighted by atomic mass is 9.87. The first kappa shape index (κ1) is 27.9. The van der Waals surface area contributed by atoms with Crippen molar-refractivity contribution < 1.29 is 8.83 Å². The highest BCUT2D eigenvalue weighted by Gasteiger charge is 2.33. The normalized spacial score (nSPS) is 12.9. The summed E-state index contributed by atoms with van der Waals surface area (Å²) in [5.74, 6) is 0.00533. The van der Waals surface area contributed by atoms with Crippen molar-refractivity contribution in [2.45, 2.75) is 5.92 Å². The molecule has 0 fully saturated rings. The molecule has 0 saturated heterocycles. The summed E-state index contributed by atoms with van der Waals surface area (Å²) in [6.07, 6.45) is 0. The van der Waals surface area contributed by atoms with Crippen LogP contribution in [0.15, 0.2) is 179 Å². The van der Waals surface area contributed by atoms with Crippen LogP contribution < -0.4 is 0 Å². The molecule has 1 aliphatic rings. The molecule has 0 radical (unpaired) electrons. The first-order valence-corrected chi connectivity index (χ1v) is 17.9. The molecule has 0 spiro atoms. The van der Waals surface area contributed by atoms with Gasteiger partial charge in [0.05, 0.1) is 11.0 Å². The van der Waals surface area contributed by atoms with Gasteiger partial charge in [0.2, 0.25) is 0 Å². The average molecular weight is 664 g/mol. The number of para-hydroxylation sites is 5. The summed E-state index contributed by atoms with van der Waals surface area (Å²) in [6.45, 7) is 0. The molecule has 0 amide bonds. The molecule has 0 aliphatic heterocycles. The van der Waals surface area contributed by atoms with E-state index < -0.39 is 0 Å². The molecular formula is C49H29NO2. The lowest BCUT2D eigenvalue weighted by Gasteiger charge is -2.17. The zero-order chi connectivity index (χ0) is 33.9. The minimum absolute atomic E-state index is 0.00533. The van der Waals surface area contributed by atoms with Gasteiger partial charge in [0.1, 0.15) is 22.3 Å². The topological polar surface area (TPSA) is 31.2 Å². The standard InChI is InChI=1S/C49H29NO2/c1-3-18-35-30(13-1)31-14-2-4-19-36(31)46(35)42-28-29(50-43-24-8-5-15-32(43)33-16-6-9-25-44(33)50)27-41-40-23-12-22-39(48(40)52-49(41)42)38-21-11-20-37-34-17-7-10-26-45(34)51-47(37)38/h1-28,46H. The van der Waals surface area contributed by atoms with Crippen molar-refractivity contribution in [3.63, 3.8) is 0 Å². The smallest absolute Gasteiger partial charge is 0.143 e. The Hall–Kier alpha value is -6.84. The predicted octanol–water partition coefficient (Wildman–Crippen LogP) is 13.4. The fraction of sp³-hybridized carbons (Fsp3) is 0.0204. The van der Waals surface area contributed by atoms with Gasteiger partial charge in [0, 0.05) is 60.6 Å². The van der Waals surface area contributed by atoms with E-state index in [1.54, 1.807) is 0 Å². The fourth-order valence-electron chi connectivity index (χ4n) is 9.12. The van der Waals surface area contributed by atoms with Crippen LogP contribution in [0.3, 0.4) is 0 Å². The number of nitrogens with zero attached hydrogens (tertiary/aromatic N) is 1. The van der Waals surface area contributed by atoms with Crippen LogP contribution in [0, 0.1) is 0 Å². The highest BCUT2D eigenvalue weighted by atomic mass is 16.3. The van der Waals surface area contributed by atoms with E-state index in [4.69, 9.17) is 8.83 Å². The molecule has 52 heavy (non-hydrogen) atoms. The molecule has 0 bridgehead atoms. The van der Waals surface area contributed by atoms with Crippen LogP contribution >= 0.6 is 0 Å². The van der Waals surface area contributed by atoms with E-state index in [2.05, 4.69) is 162 Å². The third-order valence-electron chi connectivity index (χ3n) is 11.3. The van der Waals surface area contributed by atoms with E-state index in [9.17, 15) is 0 Å². The summed E-state index contributed by atoms with van der Waals surface area (Å²) in [5, 5.41) is 6.90. The lowest BCUT2D eigenvalue weighted by molar-refractivity contribution is 0.660. The Morgan fingerprint density at radius 2 is 0.846 bits per heavy atom. The molecule has 242 valence electrons. The van der Waals surface area contributed by atoms with Gasteiger partial charge in [-0.1, -0.05) is 140 Å². The third kappa shape index (κ3) is 3.69. The molecule has 0 N–H and O–H groups in total. The van der Waals surface area contributed by atoms with Crippen molar-refractivity contribution in [1.29, 1.82) is 0 Å². The van der Waals surface area contributed by atoms with Crippen LogP contribution in [0.5, 0.6) is 0 Å². The Balaban J connectivity index is 1.21. The molecule has 11 aromatic rings. The van der Waals surface area contributed by atoms with Gasteiger partial charge < -0.3 is 13.4 Å². The molecular weight excluding hydrogens is 635 g/mol. The van der Waals surface area contributed by atoms with Crippen LogP contribution in [0.25, 0.3) is 93.6 Å². The number of rotatable bonds is 3. The number of benzene rings is 8. The molecule has 3 nitrogen and oxygen atoms in total. The van der Waals surface area contributed by atoms with Gasteiger partial charge in [-0.3, -0.25) is 0 Å². The second-order valence-corrected chi connectivity index (χ2v) is 14.0. The van der Waals surface area contributed by atoms with Gasteiger partial charge in [-0.25, -0.2) is 0 Å². The van der Waals surface area contributed by atoms with E-state index >= 15 is 0 Å². The van der Waals surface area contributed by atoms with Gasteiger partial charge in [0.15, 0.2) is 0 Å². The molecule has 0 unspecified atom stereocenters. The third-order valence-corrected chi connectivity index (χ3v) is 11.3. The minimum Gasteiger partial charge on any atom is -0.455 e. The highest BCUT2D eigenvalue weighted by molar-refractivity contribution is 6.16. The van der Waals surface area contributed by atoms with Crippen molar-refractivity contribution in [2.24, 2.45) is 0 Å². The van der Waals surface area contributed by atoms with E-state index in [0.717, 1.165) is 66.3 Å². The Labute approximate surface area is 298 Å². The molecule has 12 rings (SSSR count). The van der Waals surface area contributed by atoms with Gasteiger partial charge in [-0.2, -0.15) is 0 Å². The largest absolute Gasteiger partial charge is 0.455 e. The summed E-state index contributed by atoms with van der Waals surface area (Å²) < 4.78 is 16.2. The number of fused-ring (bicyclic) bond motifs is 12. The molecule has 3 heteroatoms. The highest BCUT2D eigenvalue weighted by Crippen LogP contribution is 2.51. The first-order valence-electron chi connectivity index (χ1n) is 17.9. The van der Waals surface area contributed by atoms with Crippen molar-refractivity contribution in [2.75, 3.05) is 0 Å². The SMILES string of the molecule is c1ccc2c(c1)-c1ccccc1C2c1cc(-n2c3ccccc3c3ccccc32)cc2c1oc1c(-c3cccc4c3oc3ccccc34)cccc12. The van der Waals surface area contributed by atoms with Crippen molar-refractivity contribution in [3.05, 3.63) is 187 Å². The monoisotopic (exact) mass is 663 g/mol.